The van der Waals surface area contributed by atoms with Gasteiger partial charge in [0.05, 0.1) is 11.9 Å². The van der Waals surface area contributed by atoms with Crippen LogP contribution in [0.5, 0.6) is 5.88 Å². The lowest BCUT2D eigenvalue weighted by molar-refractivity contribution is -0.711. The van der Waals surface area contributed by atoms with E-state index >= 15 is 0 Å². The Balaban J connectivity index is 0.00000195. The summed E-state index contributed by atoms with van der Waals surface area (Å²) in [6.45, 7) is 3.64. The van der Waals surface area contributed by atoms with Gasteiger partial charge in [-0.3, -0.25) is 10.3 Å². The number of ether oxygens (including phenoxy) is 1. The lowest BCUT2D eigenvalue weighted by Gasteiger charge is -2.09. The Labute approximate surface area is 218 Å². The van der Waals surface area contributed by atoms with Crippen molar-refractivity contribution in [1.29, 1.82) is 0 Å². The van der Waals surface area contributed by atoms with Gasteiger partial charge in [0.2, 0.25) is 6.73 Å². The molecule has 0 fully saturated rings. The van der Waals surface area contributed by atoms with Crippen LogP contribution in [0.1, 0.15) is 30.7 Å². The Morgan fingerprint density at radius 1 is 1.13 bits per heavy atom. The number of nitrogen functional groups attached to an aromatic ring is 1. The molecule has 202 valence electrons. The quantitative estimate of drug-likeness (QED) is 0.211. The standard InChI is InChI=1S/C23H21F2N4O6P.C2H6/c1-32-36(30,31)34-14-29-7-3-6-19(22(29)26)21-11-18(28-35-21)9-16-10-20(25)23(27-12-16)33-13-15-4-2-5-17(24)8-15;1-2/h2-8,10-12,26H,9,13-14H2,1H3,(H,30,31);1-2H3/p+1. The number of phosphoric ester groups is 1. The Bertz CT molecular complexity index is 1420. The number of hydrogen-bond acceptors (Lipinski definition) is 8. The van der Waals surface area contributed by atoms with Crippen LogP contribution in [0.25, 0.3) is 11.3 Å². The van der Waals surface area contributed by atoms with E-state index < -0.39 is 19.5 Å². The van der Waals surface area contributed by atoms with Crippen LogP contribution in [-0.2, 0) is 33.4 Å². The second kappa shape index (κ2) is 13.2. The molecule has 0 aliphatic rings. The highest BCUT2D eigenvalue weighted by Gasteiger charge is 2.23. The van der Waals surface area contributed by atoms with Gasteiger partial charge in [0.15, 0.2) is 11.6 Å². The highest BCUT2D eigenvalue weighted by atomic mass is 31.2. The molecule has 0 spiro atoms. The van der Waals surface area contributed by atoms with E-state index in [4.69, 9.17) is 19.5 Å². The van der Waals surface area contributed by atoms with Crippen molar-refractivity contribution in [3.63, 3.8) is 0 Å². The van der Waals surface area contributed by atoms with E-state index in [-0.39, 0.29) is 31.5 Å². The third-order valence-corrected chi connectivity index (χ3v) is 5.95. The minimum absolute atomic E-state index is 0.0292. The van der Waals surface area contributed by atoms with E-state index in [1.807, 2.05) is 13.8 Å². The molecule has 3 heterocycles. The summed E-state index contributed by atoms with van der Waals surface area (Å²) in [4.78, 5) is 13.4. The first-order valence-electron chi connectivity index (χ1n) is 11.5. The first-order valence-corrected chi connectivity index (χ1v) is 13.0. The van der Waals surface area contributed by atoms with Gasteiger partial charge in [0, 0.05) is 25.8 Å². The molecule has 0 radical (unpaired) electrons. The summed E-state index contributed by atoms with van der Waals surface area (Å²) in [5.74, 6) is -0.746. The van der Waals surface area contributed by atoms with E-state index in [2.05, 4.69) is 14.7 Å². The smallest absolute Gasteiger partial charge is 0.471 e. The number of nitrogens with zero attached hydrogens (tertiary/aromatic N) is 3. The van der Waals surface area contributed by atoms with Gasteiger partial charge in [-0.25, -0.2) is 27.4 Å². The van der Waals surface area contributed by atoms with Crippen molar-refractivity contribution in [3.05, 3.63) is 89.4 Å². The molecule has 38 heavy (non-hydrogen) atoms. The zero-order chi connectivity index (χ0) is 27.7. The van der Waals surface area contributed by atoms with Crippen molar-refractivity contribution in [3.8, 4) is 17.2 Å². The summed E-state index contributed by atoms with van der Waals surface area (Å²) in [6, 6.07) is 12.0. The monoisotopic (exact) mass is 549 g/mol. The van der Waals surface area contributed by atoms with E-state index in [1.54, 1.807) is 30.5 Å². The van der Waals surface area contributed by atoms with E-state index in [0.717, 1.165) is 7.11 Å². The summed E-state index contributed by atoms with van der Waals surface area (Å²) >= 11 is 0. The van der Waals surface area contributed by atoms with Crippen LogP contribution in [0.15, 0.2) is 65.4 Å². The number of benzene rings is 1. The molecule has 4 aromatic rings. The van der Waals surface area contributed by atoms with Gasteiger partial charge in [-0.05, 0) is 41.5 Å². The van der Waals surface area contributed by atoms with Gasteiger partial charge in [-0.2, -0.15) is 0 Å². The number of hydrogen-bond donors (Lipinski definition) is 2. The maximum Gasteiger partial charge on any atom is 0.475 e. The van der Waals surface area contributed by atoms with Gasteiger partial charge in [0.25, 0.3) is 11.7 Å². The molecular weight excluding hydrogens is 521 g/mol. The van der Waals surface area contributed by atoms with Crippen LogP contribution in [0.4, 0.5) is 14.6 Å². The van der Waals surface area contributed by atoms with Crippen molar-refractivity contribution in [2.45, 2.75) is 33.6 Å². The number of aromatic nitrogens is 3. The van der Waals surface area contributed by atoms with Crippen molar-refractivity contribution >= 4 is 13.6 Å². The molecular formula is C25H28F2N4O6P+. The molecule has 0 saturated carbocycles. The van der Waals surface area contributed by atoms with Gasteiger partial charge in [0.1, 0.15) is 18.0 Å². The molecule has 0 aliphatic heterocycles. The predicted molar refractivity (Wildman–Crippen MR) is 134 cm³/mol. The summed E-state index contributed by atoms with van der Waals surface area (Å²) in [5, 5.41) is 4.00. The topological polar surface area (TPSA) is 134 Å². The molecule has 10 nitrogen and oxygen atoms in total. The normalized spacial score (nSPS) is 12.4. The maximum absolute atomic E-state index is 14.5. The molecule has 1 atom stereocenters. The minimum atomic E-state index is -4.18. The SMILES string of the molecule is CC.COP(=O)(O)OC[n+]1cccc(-c2cc(Cc3cnc(OCc4cccc(F)c4)c(F)c3)no2)c1N. The average Bonchev–Trinajstić information content (AvgIpc) is 3.37. The molecule has 0 aliphatic carbocycles. The van der Waals surface area contributed by atoms with Gasteiger partial charge >= 0.3 is 7.82 Å². The zero-order valence-corrected chi connectivity index (χ0v) is 21.9. The first kappa shape index (κ1) is 28.9. The summed E-state index contributed by atoms with van der Waals surface area (Å²) in [7, 11) is -3.13. The number of nitrogens with two attached hydrogens (primary N) is 1. The minimum Gasteiger partial charge on any atom is -0.471 e. The van der Waals surface area contributed by atoms with Crippen molar-refractivity contribution < 1.29 is 41.1 Å². The number of halogens is 2. The van der Waals surface area contributed by atoms with Gasteiger partial charge in [-0.1, -0.05) is 31.1 Å². The third-order valence-electron chi connectivity index (χ3n) is 5.04. The van der Waals surface area contributed by atoms with Crippen molar-refractivity contribution in [2.24, 2.45) is 0 Å². The number of rotatable bonds is 10. The lowest BCUT2D eigenvalue weighted by Crippen LogP contribution is -2.38. The van der Waals surface area contributed by atoms with Crippen LogP contribution >= 0.6 is 7.82 Å². The van der Waals surface area contributed by atoms with Gasteiger partial charge in [-0.15, -0.1) is 0 Å². The number of pyridine rings is 2. The molecule has 0 amide bonds. The van der Waals surface area contributed by atoms with E-state index in [9.17, 15) is 18.2 Å². The average molecular weight is 549 g/mol. The van der Waals surface area contributed by atoms with Crippen LogP contribution < -0.4 is 15.0 Å². The van der Waals surface area contributed by atoms with Crippen LogP contribution in [0.2, 0.25) is 0 Å². The molecule has 1 aromatic carbocycles. The first-order chi connectivity index (χ1) is 18.2. The number of anilines is 1. The number of phosphoric acid groups is 1. The second-order valence-electron chi connectivity index (χ2n) is 7.59. The Kier molecular flexibility index (Phi) is 10.0. The summed E-state index contributed by atoms with van der Waals surface area (Å²) < 4.78 is 60.7. The molecule has 0 bridgehead atoms. The van der Waals surface area contributed by atoms with E-state index in [0.29, 0.717) is 28.1 Å². The molecule has 0 saturated heterocycles. The molecule has 1 unspecified atom stereocenters. The largest absolute Gasteiger partial charge is 0.475 e. The Morgan fingerprint density at radius 2 is 1.92 bits per heavy atom. The third kappa shape index (κ3) is 7.65. The lowest BCUT2D eigenvalue weighted by atomic mass is 10.1. The second-order valence-corrected chi connectivity index (χ2v) is 9.16. The summed E-state index contributed by atoms with van der Waals surface area (Å²) in [6.07, 6.45) is 3.22. The fourth-order valence-corrected chi connectivity index (χ4v) is 3.63. The van der Waals surface area contributed by atoms with Crippen LogP contribution in [0, 0.1) is 11.6 Å². The zero-order valence-electron chi connectivity index (χ0n) is 21.0. The highest BCUT2D eigenvalue weighted by Crippen LogP contribution is 2.41. The summed E-state index contributed by atoms with van der Waals surface area (Å²) in [5.41, 5.74) is 8.18. The Hall–Kier alpha value is -3.70. The fraction of sp³-hybridized carbons (Fsp3) is 0.240. The van der Waals surface area contributed by atoms with Crippen LogP contribution in [0.3, 0.4) is 0 Å². The maximum atomic E-state index is 14.5. The van der Waals surface area contributed by atoms with Crippen LogP contribution in [-0.4, -0.2) is 22.1 Å². The molecule has 3 N–H and O–H groups in total. The highest BCUT2D eigenvalue weighted by molar-refractivity contribution is 7.47. The Morgan fingerprint density at radius 3 is 2.63 bits per heavy atom. The molecule has 13 heteroatoms. The van der Waals surface area contributed by atoms with Gasteiger partial charge < -0.3 is 14.2 Å². The van der Waals surface area contributed by atoms with Crippen molar-refractivity contribution in [2.75, 3.05) is 12.8 Å². The molecule has 4 rings (SSSR count). The van der Waals surface area contributed by atoms with Crippen molar-refractivity contribution in [1.82, 2.24) is 10.1 Å². The van der Waals surface area contributed by atoms with E-state index in [1.165, 1.54) is 35.0 Å². The fourth-order valence-electron chi connectivity index (χ4n) is 3.25. The molecule has 3 aromatic heterocycles. The predicted octanol–water partition coefficient (Wildman–Crippen LogP) is 4.80.